The number of nitrogens with zero attached hydrogens (tertiary/aromatic N) is 1. The second kappa shape index (κ2) is 9.56. The molecule has 0 aliphatic rings. The van der Waals surface area contributed by atoms with Gasteiger partial charge >= 0.3 is 0 Å². The molecule has 0 bridgehead atoms. The lowest BCUT2D eigenvalue weighted by Crippen LogP contribution is -2.18. The number of aromatic nitrogens is 1. The smallest absolute Gasteiger partial charge is 0.261 e. The summed E-state index contributed by atoms with van der Waals surface area (Å²) in [5, 5.41) is 5.09. The van der Waals surface area contributed by atoms with Crippen LogP contribution in [0.4, 0.5) is 10.8 Å². The molecule has 33 heavy (non-hydrogen) atoms. The largest absolute Gasteiger partial charge is 0.298 e. The summed E-state index contributed by atoms with van der Waals surface area (Å²) in [6.45, 7) is 3.98. The molecular weight excluding hydrogens is 454 g/mol. The van der Waals surface area contributed by atoms with Gasteiger partial charge in [-0.25, -0.2) is 13.4 Å². The van der Waals surface area contributed by atoms with E-state index in [0.29, 0.717) is 5.13 Å². The molecule has 0 saturated heterocycles. The van der Waals surface area contributed by atoms with Gasteiger partial charge in [0.15, 0.2) is 5.13 Å². The van der Waals surface area contributed by atoms with Crippen LogP contribution in [0.5, 0.6) is 0 Å². The van der Waals surface area contributed by atoms with Crippen LogP contribution in [-0.4, -0.2) is 19.3 Å². The van der Waals surface area contributed by atoms with Gasteiger partial charge in [0.25, 0.3) is 15.9 Å². The van der Waals surface area contributed by atoms with Gasteiger partial charge in [-0.3, -0.25) is 14.8 Å². The lowest BCUT2D eigenvalue weighted by atomic mass is 10.1. The fraction of sp³-hybridized carbons (Fsp3) is 0.120. The van der Waals surface area contributed by atoms with Crippen molar-refractivity contribution in [3.05, 3.63) is 94.9 Å². The minimum absolute atomic E-state index is 0.127. The monoisotopic (exact) mass is 477 g/mol. The number of sulfonamides is 1. The summed E-state index contributed by atoms with van der Waals surface area (Å²) < 4.78 is 28.1. The SMILES string of the molecule is CCc1ccc(-c2csc(NC(=O)c3ccccc3NS(=O)(=O)c3ccc(C)cc3)n2)cc1. The zero-order valence-corrected chi connectivity index (χ0v) is 19.8. The quantitative estimate of drug-likeness (QED) is 0.356. The van der Waals surface area contributed by atoms with Crippen LogP contribution in [0.25, 0.3) is 11.3 Å². The number of carbonyl (C=O) groups is 1. The Bertz CT molecular complexity index is 1380. The highest BCUT2D eigenvalue weighted by Crippen LogP contribution is 2.27. The maximum absolute atomic E-state index is 13.0. The molecule has 0 aliphatic carbocycles. The Morgan fingerprint density at radius 2 is 1.67 bits per heavy atom. The number of anilines is 2. The molecule has 0 unspecified atom stereocenters. The fourth-order valence-electron chi connectivity index (χ4n) is 3.23. The summed E-state index contributed by atoms with van der Waals surface area (Å²) in [5.74, 6) is -0.445. The zero-order valence-electron chi connectivity index (χ0n) is 18.2. The van der Waals surface area contributed by atoms with Crippen LogP contribution in [0.1, 0.15) is 28.4 Å². The van der Waals surface area contributed by atoms with E-state index >= 15 is 0 Å². The Morgan fingerprint density at radius 3 is 2.36 bits per heavy atom. The highest BCUT2D eigenvalue weighted by Gasteiger charge is 2.19. The highest BCUT2D eigenvalue weighted by atomic mass is 32.2. The van der Waals surface area contributed by atoms with E-state index in [1.165, 1.54) is 29.0 Å². The topological polar surface area (TPSA) is 88.2 Å². The van der Waals surface area contributed by atoms with Crippen molar-refractivity contribution in [2.75, 3.05) is 10.0 Å². The molecule has 1 amide bonds. The predicted octanol–water partition coefficient (Wildman–Crippen LogP) is 5.73. The Hall–Kier alpha value is -3.49. The number of hydrogen-bond acceptors (Lipinski definition) is 5. The molecule has 4 rings (SSSR count). The summed E-state index contributed by atoms with van der Waals surface area (Å²) >= 11 is 1.31. The average Bonchev–Trinajstić information content (AvgIpc) is 3.28. The van der Waals surface area contributed by atoms with Gasteiger partial charge in [-0.1, -0.05) is 61.0 Å². The lowest BCUT2D eigenvalue weighted by Gasteiger charge is -2.12. The molecule has 168 valence electrons. The van der Waals surface area contributed by atoms with E-state index in [4.69, 9.17) is 0 Å². The van der Waals surface area contributed by atoms with E-state index in [1.807, 2.05) is 24.4 Å². The summed E-state index contributed by atoms with van der Waals surface area (Å²) in [5.41, 5.74) is 4.34. The summed E-state index contributed by atoms with van der Waals surface area (Å²) in [4.78, 5) is 17.6. The Balaban J connectivity index is 1.53. The van der Waals surface area contributed by atoms with E-state index in [-0.39, 0.29) is 16.1 Å². The van der Waals surface area contributed by atoms with Gasteiger partial charge in [-0.2, -0.15) is 0 Å². The van der Waals surface area contributed by atoms with Crippen molar-refractivity contribution < 1.29 is 13.2 Å². The first-order valence-corrected chi connectivity index (χ1v) is 12.8. The second-order valence-corrected chi connectivity index (χ2v) is 10.0. The molecular formula is C25H23N3O3S2. The molecule has 6 nitrogen and oxygen atoms in total. The number of aryl methyl sites for hydroxylation is 2. The first-order valence-electron chi connectivity index (χ1n) is 10.4. The van der Waals surface area contributed by atoms with Gasteiger partial charge in [-0.15, -0.1) is 11.3 Å². The third-order valence-corrected chi connectivity index (χ3v) is 7.27. The van der Waals surface area contributed by atoms with Crippen LogP contribution >= 0.6 is 11.3 Å². The van der Waals surface area contributed by atoms with E-state index in [2.05, 4.69) is 34.1 Å². The minimum atomic E-state index is -3.84. The molecule has 2 N–H and O–H groups in total. The van der Waals surface area contributed by atoms with Gasteiger partial charge in [0.2, 0.25) is 0 Å². The fourth-order valence-corrected chi connectivity index (χ4v) is 5.03. The van der Waals surface area contributed by atoms with Crippen molar-refractivity contribution in [3.8, 4) is 11.3 Å². The highest BCUT2D eigenvalue weighted by molar-refractivity contribution is 7.92. The van der Waals surface area contributed by atoms with E-state index in [9.17, 15) is 13.2 Å². The second-order valence-electron chi connectivity index (χ2n) is 7.51. The van der Waals surface area contributed by atoms with Gasteiger partial charge in [0.1, 0.15) is 0 Å². The van der Waals surface area contributed by atoms with Crippen LogP contribution in [0.3, 0.4) is 0 Å². The summed E-state index contributed by atoms with van der Waals surface area (Å²) in [6, 6.07) is 21.1. The molecule has 0 atom stereocenters. The van der Waals surface area contributed by atoms with Gasteiger partial charge in [0, 0.05) is 10.9 Å². The van der Waals surface area contributed by atoms with Crippen molar-refractivity contribution in [2.24, 2.45) is 0 Å². The molecule has 3 aromatic carbocycles. The van der Waals surface area contributed by atoms with E-state index < -0.39 is 15.9 Å². The molecule has 4 aromatic rings. The maximum Gasteiger partial charge on any atom is 0.261 e. The molecule has 8 heteroatoms. The number of hydrogen-bond donors (Lipinski definition) is 2. The molecule has 1 heterocycles. The zero-order chi connectivity index (χ0) is 23.4. The molecule has 0 spiro atoms. The number of thiazole rings is 1. The average molecular weight is 478 g/mol. The van der Waals surface area contributed by atoms with E-state index in [0.717, 1.165) is 23.2 Å². The normalized spacial score (nSPS) is 11.2. The third kappa shape index (κ3) is 5.30. The Morgan fingerprint density at radius 1 is 0.970 bits per heavy atom. The van der Waals surface area contributed by atoms with Crippen LogP contribution in [0, 0.1) is 6.92 Å². The van der Waals surface area contributed by atoms with Crippen molar-refractivity contribution in [1.29, 1.82) is 0 Å². The number of para-hydroxylation sites is 1. The van der Waals surface area contributed by atoms with Gasteiger partial charge in [0.05, 0.1) is 21.8 Å². The van der Waals surface area contributed by atoms with Crippen LogP contribution in [0.2, 0.25) is 0 Å². The molecule has 1 aromatic heterocycles. The lowest BCUT2D eigenvalue weighted by molar-refractivity contribution is 0.102. The first kappa shape index (κ1) is 22.7. The van der Waals surface area contributed by atoms with Crippen LogP contribution < -0.4 is 10.0 Å². The van der Waals surface area contributed by atoms with Crippen molar-refractivity contribution in [2.45, 2.75) is 25.2 Å². The van der Waals surface area contributed by atoms with Crippen molar-refractivity contribution in [1.82, 2.24) is 4.98 Å². The molecule has 0 radical (unpaired) electrons. The third-order valence-electron chi connectivity index (χ3n) is 5.13. The number of carbonyl (C=O) groups excluding carboxylic acids is 1. The molecule has 0 saturated carbocycles. The number of amides is 1. The number of nitrogens with one attached hydrogen (secondary N) is 2. The Kier molecular flexibility index (Phi) is 6.57. The molecule has 0 fully saturated rings. The molecule has 0 aliphatic heterocycles. The standard InChI is InChI=1S/C25H23N3O3S2/c1-3-18-10-12-19(13-11-18)23-16-32-25(26-23)27-24(29)21-6-4-5-7-22(21)28-33(30,31)20-14-8-17(2)9-15-20/h4-16,28H,3H2,1-2H3,(H,26,27,29). The van der Waals surface area contributed by atoms with Gasteiger partial charge < -0.3 is 0 Å². The van der Waals surface area contributed by atoms with Crippen LogP contribution in [-0.2, 0) is 16.4 Å². The van der Waals surface area contributed by atoms with Crippen LogP contribution in [0.15, 0.2) is 83.1 Å². The number of rotatable bonds is 7. The van der Waals surface area contributed by atoms with E-state index in [1.54, 1.807) is 36.4 Å². The van der Waals surface area contributed by atoms with Gasteiger partial charge in [-0.05, 0) is 43.2 Å². The maximum atomic E-state index is 13.0. The summed E-state index contributed by atoms with van der Waals surface area (Å²) in [6.07, 6.45) is 0.964. The minimum Gasteiger partial charge on any atom is -0.298 e. The first-order chi connectivity index (χ1) is 15.9. The predicted molar refractivity (Wildman–Crippen MR) is 133 cm³/mol. The number of benzene rings is 3. The van der Waals surface area contributed by atoms with Crippen molar-refractivity contribution >= 4 is 38.1 Å². The Labute approximate surface area is 197 Å². The summed E-state index contributed by atoms with van der Waals surface area (Å²) in [7, 11) is -3.84. The van der Waals surface area contributed by atoms with Crippen molar-refractivity contribution in [3.63, 3.8) is 0 Å².